The summed E-state index contributed by atoms with van der Waals surface area (Å²) in [7, 11) is 3.16. The second kappa shape index (κ2) is 9.42. The zero-order valence-corrected chi connectivity index (χ0v) is 14.7. The van der Waals surface area contributed by atoms with Crippen molar-refractivity contribution in [3.8, 4) is 17.2 Å². The van der Waals surface area contributed by atoms with Crippen molar-refractivity contribution in [2.75, 3.05) is 27.4 Å². The van der Waals surface area contributed by atoms with E-state index >= 15 is 0 Å². The number of hydrogen-bond acceptors (Lipinski definition) is 4. The maximum absolute atomic E-state index is 11.9. The van der Waals surface area contributed by atoms with Crippen LogP contribution in [-0.4, -0.2) is 33.4 Å². The third-order valence-corrected chi connectivity index (χ3v) is 3.63. The standard InChI is InChI=1S/C19H24N2O4/c1-14(15-7-5-4-6-8-15)21-19(22)20-9-10-25-18-12-16(23-2)11-17(13-18)24-3/h4-8,11-14H,9-10H2,1-3H3,(H2,20,21,22). The summed E-state index contributed by atoms with van der Waals surface area (Å²) >= 11 is 0. The van der Waals surface area contributed by atoms with Gasteiger partial charge in [-0.3, -0.25) is 0 Å². The molecule has 6 nitrogen and oxygen atoms in total. The topological polar surface area (TPSA) is 68.8 Å². The van der Waals surface area contributed by atoms with Gasteiger partial charge in [-0.15, -0.1) is 0 Å². The first-order valence-electron chi connectivity index (χ1n) is 8.07. The lowest BCUT2D eigenvalue weighted by Gasteiger charge is -2.15. The van der Waals surface area contributed by atoms with Gasteiger partial charge in [0.25, 0.3) is 0 Å². The Labute approximate surface area is 148 Å². The van der Waals surface area contributed by atoms with Crippen molar-refractivity contribution >= 4 is 6.03 Å². The van der Waals surface area contributed by atoms with Crippen LogP contribution in [0, 0.1) is 0 Å². The first kappa shape index (κ1) is 18.4. The molecule has 0 spiro atoms. The summed E-state index contributed by atoms with van der Waals surface area (Å²) in [5.41, 5.74) is 1.05. The van der Waals surface area contributed by atoms with E-state index < -0.39 is 0 Å². The van der Waals surface area contributed by atoms with Crippen molar-refractivity contribution in [3.05, 3.63) is 54.1 Å². The van der Waals surface area contributed by atoms with Crippen LogP contribution in [0.4, 0.5) is 4.79 Å². The molecule has 0 aliphatic rings. The minimum absolute atomic E-state index is 0.0650. The predicted molar refractivity (Wildman–Crippen MR) is 96.4 cm³/mol. The molecule has 0 aliphatic heterocycles. The van der Waals surface area contributed by atoms with Gasteiger partial charge in [-0.05, 0) is 12.5 Å². The number of rotatable bonds is 8. The van der Waals surface area contributed by atoms with Gasteiger partial charge >= 0.3 is 6.03 Å². The lowest BCUT2D eigenvalue weighted by atomic mass is 10.1. The summed E-state index contributed by atoms with van der Waals surface area (Å²) in [5.74, 6) is 1.92. The van der Waals surface area contributed by atoms with Crippen LogP contribution in [0.15, 0.2) is 48.5 Å². The lowest BCUT2D eigenvalue weighted by molar-refractivity contribution is 0.233. The SMILES string of the molecule is COc1cc(OC)cc(OCCNC(=O)NC(C)c2ccccc2)c1. The third-order valence-electron chi connectivity index (χ3n) is 3.63. The van der Waals surface area contributed by atoms with Gasteiger partial charge in [0.05, 0.1) is 26.8 Å². The van der Waals surface area contributed by atoms with Crippen LogP contribution in [0.25, 0.3) is 0 Å². The van der Waals surface area contributed by atoms with Crippen LogP contribution in [0.2, 0.25) is 0 Å². The van der Waals surface area contributed by atoms with E-state index in [0.29, 0.717) is 30.4 Å². The average Bonchev–Trinajstić information content (AvgIpc) is 2.65. The number of nitrogens with one attached hydrogen (secondary N) is 2. The largest absolute Gasteiger partial charge is 0.496 e. The molecule has 0 aromatic heterocycles. The Hall–Kier alpha value is -2.89. The van der Waals surface area contributed by atoms with E-state index in [1.165, 1.54) is 0 Å². The molecule has 25 heavy (non-hydrogen) atoms. The lowest BCUT2D eigenvalue weighted by Crippen LogP contribution is -2.38. The number of methoxy groups -OCH3 is 2. The molecule has 0 saturated heterocycles. The van der Waals surface area contributed by atoms with Gasteiger partial charge in [0, 0.05) is 18.2 Å². The van der Waals surface area contributed by atoms with Gasteiger partial charge in [0.1, 0.15) is 23.9 Å². The quantitative estimate of drug-likeness (QED) is 0.722. The highest BCUT2D eigenvalue weighted by molar-refractivity contribution is 5.74. The fourth-order valence-electron chi connectivity index (χ4n) is 2.27. The van der Waals surface area contributed by atoms with Crippen molar-refractivity contribution in [2.45, 2.75) is 13.0 Å². The number of amides is 2. The van der Waals surface area contributed by atoms with E-state index in [-0.39, 0.29) is 12.1 Å². The van der Waals surface area contributed by atoms with Crippen molar-refractivity contribution in [1.29, 1.82) is 0 Å². The summed E-state index contributed by atoms with van der Waals surface area (Å²) < 4.78 is 16.0. The normalized spacial score (nSPS) is 11.3. The van der Waals surface area contributed by atoms with Crippen molar-refractivity contribution < 1.29 is 19.0 Å². The molecule has 6 heteroatoms. The molecule has 134 valence electrons. The Morgan fingerprint density at radius 1 is 1.00 bits per heavy atom. The fraction of sp³-hybridized carbons (Fsp3) is 0.316. The van der Waals surface area contributed by atoms with Crippen molar-refractivity contribution in [1.82, 2.24) is 10.6 Å². The van der Waals surface area contributed by atoms with E-state index in [4.69, 9.17) is 14.2 Å². The van der Waals surface area contributed by atoms with Gasteiger partial charge in [0.15, 0.2) is 0 Å². The Bertz CT molecular complexity index is 654. The minimum Gasteiger partial charge on any atom is -0.496 e. The Kier molecular flexibility index (Phi) is 6.95. The fourth-order valence-corrected chi connectivity index (χ4v) is 2.27. The van der Waals surface area contributed by atoms with Crippen molar-refractivity contribution in [2.24, 2.45) is 0 Å². The highest BCUT2D eigenvalue weighted by Gasteiger charge is 2.08. The molecule has 0 heterocycles. The highest BCUT2D eigenvalue weighted by atomic mass is 16.5. The molecular formula is C19H24N2O4. The first-order valence-corrected chi connectivity index (χ1v) is 8.07. The monoisotopic (exact) mass is 344 g/mol. The molecule has 0 bridgehead atoms. The van der Waals surface area contributed by atoms with E-state index in [2.05, 4.69) is 10.6 Å². The zero-order chi connectivity index (χ0) is 18.1. The second-order valence-electron chi connectivity index (χ2n) is 5.43. The molecule has 0 radical (unpaired) electrons. The number of carbonyl (C=O) groups is 1. The summed E-state index contributed by atoms with van der Waals surface area (Å²) in [6.45, 7) is 2.66. The summed E-state index contributed by atoms with van der Waals surface area (Å²) in [5, 5.41) is 5.66. The minimum atomic E-state index is -0.233. The maximum atomic E-state index is 11.9. The van der Waals surface area contributed by atoms with E-state index in [1.54, 1.807) is 32.4 Å². The molecule has 2 rings (SSSR count). The maximum Gasteiger partial charge on any atom is 0.315 e. The number of carbonyl (C=O) groups excluding carboxylic acids is 1. The van der Waals surface area contributed by atoms with E-state index in [9.17, 15) is 4.79 Å². The van der Waals surface area contributed by atoms with Crippen LogP contribution in [-0.2, 0) is 0 Å². The van der Waals surface area contributed by atoms with Crippen LogP contribution in [0.3, 0.4) is 0 Å². The molecule has 2 aromatic carbocycles. The van der Waals surface area contributed by atoms with Crippen molar-refractivity contribution in [3.63, 3.8) is 0 Å². The Balaban J connectivity index is 1.74. The summed E-state index contributed by atoms with van der Waals surface area (Å²) in [6.07, 6.45) is 0. The van der Waals surface area contributed by atoms with Crippen LogP contribution in [0.5, 0.6) is 17.2 Å². The third kappa shape index (κ3) is 5.91. The van der Waals surface area contributed by atoms with Gasteiger partial charge in [-0.2, -0.15) is 0 Å². The second-order valence-corrected chi connectivity index (χ2v) is 5.43. The molecule has 0 saturated carbocycles. The van der Waals surface area contributed by atoms with Gasteiger partial charge in [0.2, 0.25) is 0 Å². The smallest absolute Gasteiger partial charge is 0.315 e. The highest BCUT2D eigenvalue weighted by Crippen LogP contribution is 2.27. The molecule has 2 amide bonds. The van der Waals surface area contributed by atoms with E-state index in [1.807, 2.05) is 37.3 Å². The molecule has 2 aromatic rings. The summed E-state index contributed by atoms with van der Waals surface area (Å²) in [6, 6.07) is 14.8. The van der Waals surface area contributed by atoms with Crippen LogP contribution in [0.1, 0.15) is 18.5 Å². The molecule has 1 unspecified atom stereocenters. The summed E-state index contributed by atoms with van der Waals surface area (Å²) in [4.78, 5) is 11.9. The number of hydrogen-bond donors (Lipinski definition) is 2. The Morgan fingerprint density at radius 2 is 1.60 bits per heavy atom. The molecule has 0 aliphatic carbocycles. The zero-order valence-electron chi connectivity index (χ0n) is 14.7. The number of urea groups is 1. The molecule has 0 fully saturated rings. The molecule has 1 atom stereocenters. The van der Waals surface area contributed by atoms with E-state index in [0.717, 1.165) is 5.56 Å². The van der Waals surface area contributed by atoms with Gasteiger partial charge < -0.3 is 24.8 Å². The predicted octanol–water partition coefficient (Wildman–Crippen LogP) is 3.14. The van der Waals surface area contributed by atoms with Gasteiger partial charge in [-0.25, -0.2) is 4.79 Å². The Morgan fingerprint density at radius 3 is 2.20 bits per heavy atom. The molecule has 2 N–H and O–H groups in total. The van der Waals surface area contributed by atoms with Crippen LogP contribution >= 0.6 is 0 Å². The van der Waals surface area contributed by atoms with Gasteiger partial charge in [-0.1, -0.05) is 30.3 Å². The number of benzene rings is 2. The first-order chi connectivity index (χ1) is 12.1. The van der Waals surface area contributed by atoms with Crippen LogP contribution < -0.4 is 24.8 Å². The number of ether oxygens (including phenoxy) is 3. The average molecular weight is 344 g/mol. The molecular weight excluding hydrogens is 320 g/mol.